The van der Waals surface area contributed by atoms with E-state index in [4.69, 9.17) is 10.5 Å². The van der Waals surface area contributed by atoms with Gasteiger partial charge in [0.05, 0.1) is 6.61 Å². The first-order chi connectivity index (χ1) is 12.2. The Morgan fingerprint density at radius 3 is 2.64 bits per heavy atom. The van der Waals surface area contributed by atoms with Crippen molar-refractivity contribution in [3.63, 3.8) is 0 Å². The summed E-state index contributed by atoms with van der Waals surface area (Å²) in [5.74, 6) is 1.85. The van der Waals surface area contributed by atoms with Crippen molar-refractivity contribution in [2.75, 3.05) is 13.2 Å². The Morgan fingerprint density at radius 1 is 1.12 bits per heavy atom. The summed E-state index contributed by atoms with van der Waals surface area (Å²) in [7, 11) is 0. The molecule has 1 fully saturated rings. The Balaban J connectivity index is 1.37. The third-order valence-corrected chi connectivity index (χ3v) is 5.36. The summed E-state index contributed by atoms with van der Waals surface area (Å²) in [4.78, 5) is 2.52. The van der Waals surface area contributed by atoms with E-state index in [0.717, 1.165) is 44.3 Å². The lowest BCUT2D eigenvalue weighted by Gasteiger charge is -2.29. The molecule has 0 saturated heterocycles. The molecule has 4 rings (SSSR count). The van der Waals surface area contributed by atoms with Crippen molar-refractivity contribution in [1.82, 2.24) is 4.90 Å². The molecule has 3 heteroatoms. The van der Waals surface area contributed by atoms with Gasteiger partial charge in [0.15, 0.2) is 0 Å². The van der Waals surface area contributed by atoms with Gasteiger partial charge in [0.2, 0.25) is 0 Å². The van der Waals surface area contributed by atoms with E-state index >= 15 is 0 Å². The second-order valence-electron chi connectivity index (χ2n) is 7.68. The molecule has 0 unspecified atom stereocenters. The van der Waals surface area contributed by atoms with Crippen molar-refractivity contribution in [2.24, 2.45) is 11.7 Å². The van der Waals surface area contributed by atoms with Crippen molar-refractivity contribution in [3.8, 4) is 5.75 Å². The van der Waals surface area contributed by atoms with Crippen LogP contribution in [0, 0.1) is 5.92 Å². The van der Waals surface area contributed by atoms with Crippen LogP contribution in [-0.4, -0.2) is 18.1 Å². The van der Waals surface area contributed by atoms with Crippen LogP contribution in [0.25, 0.3) is 0 Å². The molecule has 0 radical (unpaired) electrons. The highest BCUT2D eigenvalue weighted by molar-refractivity contribution is 5.37. The van der Waals surface area contributed by atoms with Crippen LogP contribution >= 0.6 is 0 Å². The van der Waals surface area contributed by atoms with Crippen LogP contribution in [0.15, 0.2) is 42.5 Å². The maximum Gasteiger partial charge on any atom is 0.119 e. The molecule has 2 aromatic carbocycles. The quantitative estimate of drug-likeness (QED) is 0.865. The Kier molecular flexibility index (Phi) is 4.78. The first-order valence-corrected chi connectivity index (χ1v) is 9.49. The highest BCUT2D eigenvalue weighted by atomic mass is 16.5. The lowest BCUT2D eigenvalue weighted by Crippen LogP contribution is -2.30. The molecule has 0 aromatic heterocycles. The van der Waals surface area contributed by atoms with Gasteiger partial charge in [-0.2, -0.15) is 0 Å². The topological polar surface area (TPSA) is 38.5 Å². The van der Waals surface area contributed by atoms with Crippen LogP contribution in [0.3, 0.4) is 0 Å². The fourth-order valence-corrected chi connectivity index (χ4v) is 3.50. The molecule has 1 heterocycles. The van der Waals surface area contributed by atoms with Crippen LogP contribution in [0.2, 0.25) is 0 Å². The van der Waals surface area contributed by atoms with Gasteiger partial charge < -0.3 is 10.5 Å². The van der Waals surface area contributed by atoms with Crippen molar-refractivity contribution in [3.05, 3.63) is 64.7 Å². The van der Waals surface area contributed by atoms with Gasteiger partial charge in [-0.3, -0.25) is 4.90 Å². The van der Waals surface area contributed by atoms with Gasteiger partial charge in [0, 0.05) is 25.7 Å². The van der Waals surface area contributed by atoms with E-state index in [9.17, 15) is 0 Å². The molecule has 3 nitrogen and oxygen atoms in total. The summed E-state index contributed by atoms with van der Waals surface area (Å²) in [6, 6.07) is 15.5. The van der Waals surface area contributed by atoms with E-state index in [0.29, 0.717) is 0 Å². The van der Waals surface area contributed by atoms with Crippen LogP contribution < -0.4 is 10.5 Å². The molecule has 0 amide bonds. The lowest BCUT2D eigenvalue weighted by molar-refractivity contribution is 0.244. The van der Waals surface area contributed by atoms with Gasteiger partial charge in [-0.15, -0.1) is 0 Å². The van der Waals surface area contributed by atoms with E-state index in [1.165, 1.54) is 35.1 Å². The van der Waals surface area contributed by atoms with Crippen molar-refractivity contribution in [2.45, 2.75) is 45.3 Å². The summed E-state index contributed by atoms with van der Waals surface area (Å²) in [5, 5.41) is 0. The maximum atomic E-state index is 5.93. The van der Waals surface area contributed by atoms with Gasteiger partial charge >= 0.3 is 0 Å². The van der Waals surface area contributed by atoms with Gasteiger partial charge in [-0.1, -0.05) is 30.3 Å². The predicted octanol–water partition coefficient (Wildman–Crippen LogP) is 4.05. The molecular formula is C22H28N2O. The zero-order valence-electron chi connectivity index (χ0n) is 15.1. The lowest BCUT2D eigenvalue weighted by atomic mass is 9.98. The van der Waals surface area contributed by atoms with Gasteiger partial charge in [0.1, 0.15) is 5.75 Å². The Morgan fingerprint density at radius 2 is 1.92 bits per heavy atom. The predicted molar refractivity (Wildman–Crippen MR) is 102 cm³/mol. The highest BCUT2D eigenvalue weighted by Crippen LogP contribution is 2.30. The Bertz CT molecular complexity index is 719. The van der Waals surface area contributed by atoms with E-state index in [1.54, 1.807) is 0 Å². The third kappa shape index (κ3) is 4.23. The summed E-state index contributed by atoms with van der Waals surface area (Å²) in [5.41, 5.74) is 11.4. The zero-order valence-corrected chi connectivity index (χ0v) is 15.1. The average molecular weight is 336 g/mol. The fourth-order valence-electron chi connectivity index (χ4n) is 3.50. The van der Waals surface area contributed by atoms with Gasteiger partial charge in [-0.05, 0) is 66.5 Å². The number of benzene rings is 2. The molecule has 2 aromatic rings. The SMILES string of the molecule is C[C@H](N)c1ccc(CN2CCc3cc(OCC4CC4)ccc3C2)cc1. The number of ether oxygens (including phenoxy) is 1. The van der Waals surface area contributed by atoms with Gasteiger partial charge in [0.25, 0.3) is 0 Å². The maximum absolute atomic E-state index is 5.93. The average Bonchev–Trinajstić information content (AvgIpc) is 3.45. The summed E-state index contributed by atoms with van der Waals surface area (Å²) in [6.45, 7) is 6.04. The van der Waals surface area contributed by atoms with E-state index in [-0.39, 0.29) is 6.04 Å². The number of hydrogen-bond acceptors (Lipinski definition) is 3. The first-order valence-electron chi connectivity index (χ1n) is 9.49. The smallest absolute Gasteiger partial charge is 0.119 e. The summed E-state index contributed by atoms with van der Waals surface area (Å²) >= 11 is 0. The number of hydrogen-bond donors (Lipinski definition) is 1. The second kappa shape index (κ2) is 7.19. The molecule has 2 aliphatic rings. The molecule has 132 valence electrons. The number of rotatable bonds is 6. The van der Waals surface area contributed by atoms with Crippen LogP contribution in [0.1, 0.15) is 48.1 Å². The molecule has 0 bridgehead atoms. The van der Waals surface area contributed by atoms with Gasteiger partial charge in [-0.25, -0.2) is 0 Å². The zero-order chi connectivity index (χ0) is 17.2. The number of fused-ring (bicyclic) bond motifs is 1. The minimum atomic E-state index is 0.104. The Hall–Kier alpha value is -1.84. The standard InChI is InChI=1S/C22H28N2O/c1-16(23)19-6-4-17(5-7-19)13-24-11-10-20-12-22(9-8-21(20)14-24)25-15-18-2-3-18/h4-9,12,16,18H,2-3,10-11,13-15,23H2,1H3/t16-/m0/s1. The highest BCUT2D eigenvalue weighted by Gasteiger charge is 2.22. The molecular weight excluding hydrogens is 308 g/mol. The van der Waals surface area contributed by atoms with Crippen LogP contribution in [0.4, 0.5) is 0 Å². The Labute approximate surface area is 150 Å². The van der Waals surface area contributed by atoms with Crippen molar-refractivity contribution < 1.29 is 4.74 Å². The molecule has 1 aliphatic heterocycles. The minimum Gasteiger partial charge on any atom is -0.493 e. The summed E-state index contributed by atoms with van der Waals surface area (Å²) in [6.07, 6.45) is 3.78. The monoisotopic (exact) mass is 336 g/mol. The fraction of sp³-hybridized carbons (Fsp3) is 0.455. The van der Waals surface area contributed by atoms with E-state index in [2.05, 4.69) is 47.4 Å². The molecule has 0 spiro atoms. The second-order valence-corrected chi connectivity index (χ2v) is 7.68. The molecule has 1 saturated carbocycles. The van der Waals surface area contributed by atoms with Crippen molar-refractivity contribution in [1.29, 1.82) is 0 Å². The summed E-state index contributed by atoms with van der Waals surface area (Å²) < 4.78 is 5.93. The van der Waals surface area contributed by atoms with E-state index < -0.39 is 0 Å². The number of nitrogens with two attached hydrogens (primary N) is 1. The molecule has 1 aliphatic carbocycles. The van der Waals surface area contributed by atoms with Crippen LogP contribution in [-0.2, 0) is 19.5 Å². The largest absolute Gasteiger partial charge is 0.493 e. The number of nitrogens with zero attached hydrogens (tertiary/aromatic N) is 1. The third-order valence-electron chi connectivity index (χ3n) is 5.36. The van der Waals surface area contributed by atoms with Crippen LogP contribution in [0.5, 0.6) is 5.75 Å². The first kappa shape index (κ1) is 16.6. The van der Waals surface area contributed by atoms with E-state index in [1.807, 2.05) is 6.92 Å². The van der Waals surface area contributed by atoms with Crippen molar-refractivity contribution >= 4 is 0 Å². The molecule has 25 heavy (non-hydrogen) atoms. The normalized spacial score (nSPS) is 18.6. The molecule has 1 atom stereocenters. The molecule has 2 N–H and O–H groups in total. The minimum absolute atomic E-state index is 0.104.